The molecule has 0 N–H and O–H groups in total. The van der Waals surface area contributed by atoms with E-state index < -0.39 is 15.0 Å². The summed E-state index contributed by atoms with van der Waals surface area (Å²) < 4.78 is 38.5. The van der Waals surface area contributed by atoms with Gasteiger partial charge in [-0.2, -0.15) is 8.42 Å². The van der Waals surface area contributed by atoms with Crippen molar-refractivity contribution < 1.29 is 22.3 Å². The molecule has 7 nitrogen and oxygen atoms in total. The highest BCUT2D eigenvalue weighted by atomic mass is 32.2. The largest absolute Gasteiger partial charge is 0.487 e. The van der Waals surface area contributed by atoms with Gasteiger partial charge in [-0.05, 0) is 69.4 Å². The molecule has 1 heterocycles. The summed E-state index contributed by atoms with van der Waals surface area (Å²) in [6.07, 6.45) is 10.1. The van der Waals surface area contributed by atoms with Crippen LogP contribution in [0.5, 0.6) is 11.5 Å². The number of hydrogen-bond donors (Lipinski definition) is 0. The van der Waals surface area contributed by atoms with Crippen molar-refractivity contribution in [2.75, 3.05) is 0 Å². The number of rotatable bonds is 8. The maximum absolute atomic E-state index is 13.2. The molecule has 182 valence electrons. The first-order valence-electron chi connectivity index (χ1n) is 11.8. The van der Waals surface area contributed by atoms with Crippen LogP contribution in [0, 0.1) is 16.0 Å². The van der Waals surface area contributed by atoms with Crippen molar-refractivity contribution in [1.29, 1.82) is 0 Å². The number of hydrogen-bond acceptors (Lipinski definition) is 6. The lowest BCUT2D eigenvalue weighted by Gasteiger charge is -2.46. The normalized spacial score (nSPS) is 20.7. The number of benzene rings is 2. The standard InChI is InChI=1S/C26H31NO6S/c1-4-5-6-9-18-16-23-25(21-10-7-8-11-22(21)26(2,3)32-23)24(17-18)33-34(30,31)20-14-12-19(13-15-20)27(28)29/h7,10,12-17,21-22H,4-6,8-9,11H2,1-3H3. The highest BCUT2D eigenvalue weighted by Gasteiger charge is 2.45. The van der Waals surface area contributed by atoms with Gasteiger partial charge in [0.05, 0.1) is 4.92 Å². The van der Waals surface area contributed by atoms with Gasteiger partial charge in [0.15, 0.2) is 5.75 Å². The van der Waals surface area contributed by atoms with Crippen molar-refractivity contribution in [2.24, 2.45) is 5.92 Å². The second kappa shape index (κ2) is 9.41. The Kier molecular flexibility index (Phi) is 6.71. The lowest BCUT2D eigenvalue weighted by molar-refractivity contribution is -0.384. The predicted molar refractivity (Wildman–Crippen MR) is 130 cm³/mol. The summed E-state index contributed by atoms with van der Waals surface area (Å²) in [5.41, 5.74) is 1.15. The number of ether oxygens (including phenoxy) is 1. The van der Waals surface area contributed by atoms with Crippen LogP contribution in [0.15, 0.2) is 53.4 Å². The van der Waals surface area contributed by atoms with E-state index in [0.717, 1.165) is 49.7 Å². The first kappa shape index (κ1) is 24.3. The van der Waals surface area contributed by atoms with Crippen LogP contribution >= 0.6 is 0 Å². The quantitative estimate of drug-likeness (QED) is 0.143. The zero-order chi connectivity index (χ0) is 24.5. The Bertz CT molecular complexity index is 1200. The van der Waals surface area contributed by atoms with Crippen molar-refractivity contribution in [1.82, 2.24) is 0 Å². The molecule has 2 unspecified atom stereocenters. The van der Waals surface area contributed by atoms with Gasteiger partial charge in [-0.1, -0.05) is 31.9 Å². The van der Waals surface area contributed by atoms with E-state index >= 15 is 0 Å². The number of unbranched alkanes of at least 4 members (excludes halogenated alkanes) is 2. The number of aryl methyl sites for hydroxylation is 1. The Morgan fingerprint density at radius 1 is 1.18 bits per heavy atom. The summed E-state index contributed by atoms with van der Waals surface area (Å²) in [7, 11) is -4.20. The second-order valence-electron chi connectivity index (χ2n) is 9.59. The Balaban J connectivity index is 1.77. The molecule has 1 aliphatic carbocycles. The van der Waals surface area contributed by atoms with Crippen molar-refractivity contribution in [3.63, 3.8) is 0 Å². The van der Waals surface area contributed by atoms with Gasteiger partial charge in [0.25, 0.3) is 5.69 Å². The van der Waals surface area contributed by atoms with Crippen LogP contribution in [0.2, 0.25) is 0 Å². The van der Waals surface area contributed by atoms with Gasteiger partial charge in [0.1, 0.15) is 16.2 Å². The fourth-order valence-corrected chi connectivity index (χ4v) is 5.97. The first-order valence-corrected chi connectivity index (χ1v) is 13.2. The molecule has 2 atom stereocenters. The van der Waals surface area contributed by atoms with E-state index in [9.17, 15) is 18.5 Å². The number of fused-ring (bicyclic) bond motifs is 3. The molecular weight excluding hydrogens is 454 g/mol. The zero-order valence-corrected chi connectivity index (χ0v) is 20.6. The minimum Gasteiger partial charge on any atom is -0.487 e. The lowest BCUT2D eigenvalue weighted by atomic mass is 9.69. The van der Waals surface area contributed by atoms with Crippen LogP contribution in [-0.2, 0) is 16.5 Å². The Morgan fingerprint density at radius 2 is 1.91 bits per heavy atom. The molecular formula is C26H31NO6S. The van der Waals surface area contributed by atoms with Gasteiger partial charge in [0, 0.05) is 29.5 Å². The molecule has 0 radical (unpaired) electrons. The minimum absolute atomic E-state index is 0.0146. The van der Waals surface area contributed by atoms with E-state index in [1.807, 2.05) is 12.1 Å². The van der Waals surface area contributed by atoms with Gasteiger partial charge in [-0.3, -0.25) is 10.1 Å². The molecule has 0 spiro atoms. The molecule has 2 aromatic carbocycles. The molecule has 2 aliphatic rings. The number of nitro benzene ring substituents is 1. The summed E-state index contributed by atoms with van der Waals surface area (Å²) in [6.45, 7) is 6.31. The Labute approximate surface area is 201 Å². The fourth-order valence-electron chi connectivity index (χ4n) is 5.03. The monoisotopic (exact) mass is 485 g/mol. The summed E-state index contributed by atoms with van der Waals surface area (Å²) in [6, 6.07) is 8.58. The SMILES string of the molecule is CCCCCc1cc2c(c(OS(=O)(=O)c3ccc([N+](=O)[O-])cc3)c1)C1C=CCCC1C(C)(C)O2. The van der Waals surface area contributed by atoms with Crippen molar-refractivity contribution in [2.45, 2.75) is 75.7 Å². The lowest BCUT2D eigenvalue weighted by Crippen LogP contribution is -2.45. The smallest absolute Gasteiger partial charge is 0.339 e. The van der Waals surface area contributed by atoms with Crippen LogP contribution in [-0.4, -0.2) is 18.9 Å². The van der Waals surface area contributed by atoms with Crippen LogP contribution in [0.25, 0.3) is 0 Å². The first-order chi connectivity index (χ1) is 16.1. The van der Waals surface area contributed by atoms with E-state index in [-0.39, 0.29) is 33.8 Å². The third kappa shape index (κ3) is 4.82. The van der Waals surface area contributed by atoms with Crippen LogP contribution < -0.4 is 8.92 Å². The average Bonchev–Trinajstić information content (AvgIpc) is 2.78. The molecule has 1 aliphatic heterocycles. The topological polar surface area (TPSA) is 95.7 Å². The van der Waals surface area contributed by atoms with E-state index in [0.29, 0.717) is 5.75 Å². The van der Waals surface area contributed by atoms with Crippen molar-refractivity contribution >= 4 is 15.8 Å². The van der Waals surface area contributed by atoms with Gasteiger partial charge in [-0.25, -0.2) is 0 Å². The number of non-ortho nitro benzene ring substituents is 1. The van der Waals surface area contributed by atoms with Gasteiger partial charge < -0.3 is 8.92 Å². The number of allylic oxidation sites excluding steroid dienone is 2. The van der Waals surface area contributed by atoms with Crippen LogP contribution in [0.1, 0.15) is 69.9 Å². The van der Waals surface area contributed by atoms with Crippen LogP contribution in [0.3, 0.4) is 0 Å². The van der Waals surface area contributed by atoms with E-state index in [1.54, 1.807) is 0 Å². The fraction of sp³-hybridized carbons (Fsp3) is 0.462. The van der Waals surface area contributed by atoms with Gasteiger partial charge in [0.2, 0.25) is 0 Å². The third-order valence-electron chi connectivity index (χ3n) is 6.79. The number of nitrogens with zero attached hydrogens (tertiary/aromatic N) is 1. The molecule has 0 aromatic heterocycles. The molecule has 4 rings (SSSR count). The Morgan fingerprint density at radius 3 is 2.59 bits per heavy atom. The zero-order valence-electron chi connectivity index (χ0n) is 19.8. The highest BCUT2D eigenvalue weighted by Crippen LogP contribution is 2.53. The maximum Gasteiger partial charge on any atom is 0.339 e. The maximum atomic E-state index is 13.2. The summed E-state index contributed by atoms with van der Waals surface area (Å²) in [5.74, 6) is 1.12. The summed E-state index contributed by atoms with van der Waals surface area (Å²) >= 11 is 0. The second-order valence-corrected chi connectivity index (χ2v) is 11.1. The van der Waals surface area contributed by atoms with Crippen molar-refractivity contribution in [3.8, 4) is 11.5 Å². The van der Waals surface area contributed by atoms with Crippen LogP contribution in [0.4, 0.5) is 5.69 Å². The summed E-state index contributed by atoms with van der Waals surface area (Å²) in [4.78, 5) is 10.3. The third-order valence-corrected chi connectivity index (χ3v) is 8.04. The molecule has 0 fully saturated rings. The van der Waals surface area contributed by atoms with E-state index in [2.05, 4.69) is 32.9 Å². The van der Waals surface area contributed by atoms with E-state index in [1.165, 1.54) is 24.3 Å². The van der Waals surface area contributed by atoms with E-state index in [4.69, 9.17) is 8.92 Å². The molecule has 0 saturated heterocycles. The molecule has 34 heavy (non-hydrogen) atoms. The molecule has 8 heteroatoms. The number of nitro groups is 1. The average molecular weight is 486 g/mol. The minimum atomic E-state index is -4.20. The van der Waals surface area contributed by atoms with Gasteiger partial charge >= 0.3 is 10.1 Å². The highest BCUT2D eigenvalue weighted by molar-refractivity contribution is 7.87. The predicted octanol–water partition coefficient (Wildman–Crippen LogP) is 6.32. The molecule has 0 saturated carbocycles. The molecule has 0 bridgehead atoms. The van der Waals surface area contributed by atoms with Crippen molar-refractivity contribution in [3.05, 3.63) is 69.8 Å². The Hall–Kier alpha value is -2.87. The van der Waals surface area contributed by atoms with Gasteiger partial charge in [-0.15, -0.1) is 0 Å². The molecule has 2 aromatic rings. The molecule has 0 amide bonds. The summed E-state index contributed by atoms with van der Waals surface area (Å²) in [5, 5.41) is 10.9.